The Kier molecular flexibility index (Phi) is 8.02. The molecule has 0 saturated carbocycles. The van der Waals surface area contributed by atoms with E-state index in [4.69, 9.17) is 18.9 Å². The average molecular weight is 499 g/mol. The van der Waals surface area contributed by atoms with Gasteiger partial charge in [0, 0.05) is 36.7 Å². The highest BCUT2D eigenvalue weighted by molar-refractivity contribution is 5.65. The second-order valence-electron chi connectivity index (χ2n) is 8.66. The topological polar surface area (TPSA) is 153 Å². The largest absolute Gasteiger partial charge is 0.497 e. The van der Waals surface area contributed by atoms with Crippen molar-refractivity contribution in [2.75, 3.05) is 13.7 Å². The lowest BCUT2D eigenvalue weighted by Gasteiger charge is -2.44. The van der Waals surface area contributed by atoms with Crippen LogP contribution in [-0.2, 0) is 20.7 Å². The molecule has 1 aliphatic rings. The number of hydrogen-bond acceptors (Lipinski definition) is 10. The number of benzene rings is 1. The molecular formula is C23H31FN2O9. The minimum atomic E-state index is -2.86. The van der Waals surface area contributed by atoms with E-state index in [1.807, 2.05) is 13.8 Å². The van der Waals surface area contributed by atoms with Crippen LogP contribution >= 0.6 is 0 Å². The van der Waals surface area contributed by atoms with Crippen molar-refractivity contribution in [1.82, 2.24) is 9.78 Å². The highest BCUT2D eigenvalue weighted by Gasteiger charge is 2.56. The lowest BCUT2D eigenvalue weighted by molar-refractivity contribution is -0.423. The van der Waals surface area contributed by atoms with Gasteiger partial charge in [-0.1, -0.05) is 6.07 Å². The molecule has 1 fully saturated rings. The number of ether oxygens (including phenoxy) is 4. The van der Waals surface area contributed by atoms with Crippen LogP contribution in [0.5, 0.6) is 11.6 Å². The molecule has 0 amide bonds. The van der Waals surface area contributed by atoms with Crippen molar-refractivity contribution >= 4 is 5.97 Å². The number of carbonyl (C=O) groups excluding carboxylic acids is 1. The second kappa shape index (κ2) is 10.5. The van der Waals surface area contributed by atoms with Gasteiger partial charge in [-0.3, -0.25) is 9.48 Å². The minimum absolute atomic E-state index is 0.0118. The summed E-state index contributed by atoms with van der Waals surface area (Å²) in [6, 6.07) is 4.24. The zero-order chi connectivity index (χ0) is 26.1. The fourth-order valence-corrected chi connectivity index (χ4v) is 3.84. The van der Waals surface area contributed by atoms with Crippen LogP contribution in [-0.4, -0.2) is 80.3 Å². The summed E-state index contributed by atoms with van der Waals surface area (Å²) < 4.78 is 37.1. The number of esters is 1. The second-order valence-corrected chi connectivity index (χ2v) is 8.66. The van der Waals surface area contributed by atoms with Crippen LogP contribution in [0.4, 0.5) is 4.39 Å². The van der Waals surface area contributed by atoms with Gasteiger partial charge in [0.2, 0.25) is 5.88 Å². The molecule has 4 N–H and O–H groups in total. The Bertz CT molecular complexity index is 1060. The van der Waals surface area contributed by atoms with Crippen LogP contribution in [0.1, 0.15) is 43.6 Å². The maximum absolute atomic E-state index is 14.7. The van der Waals surface area contributed by atoms with Gasteiger partial charge in [-0.15, -0.1) is 5.10 Å². The molecule has 2 aromatic rings. The molecule has 0 aliphatic carbocycles. The van der Waals surface area contributed by atoms with Gasteiger partial charge in [-0.2, -0.15) is 0 Å². The molecule has 12 heteroatoms. The van der Waals surface area contributed by atoms with Gasteiger partial charge in [0.05, 0.1) is 7.11 Å². The van der Waals surface area contributed by atoms with E-state index in [9.17, 15) is 29.6 Å². The predicted molar refractivity (Wildman–Crippen MR) is 118 cm³/mol. The fourth-order valence-electron chi connectivity index (χ4n) is 3.84. The number of aromatic nitrogens is 2. The molecule has 1 aromatic heterocycles. The summed E-state index contributed by atoms with van der Waals surface area (Å²) in [5.74, 6) is -3.90. The molecule has 11 nitrogen and oxygen atoms in total. The van der Waals surface area contributed by atoms with Crippen LogP contribution in [0.3, 0.4) is 0 Å². The normalized spacial score (nSPS) is 26.6. The van der Waals surface area contributed by atoms with Crippen molar-refractivity contribution in [2.24, 2.45) is 0 Å². The van der Waals surface area contributed by atoms with E-state index in [0.29, 0.717) is 22.6 Å². The van der Waals surface area contributed by atoms with Crippen LogP contribution in [0.2, 0.25) is 0 Å². The van der Waals surface area contributed by atoms with Crippen molar-refractivity contribution in [3.05, 3.63) is 40.8 Å². The molecular weight excluding hydrogens is 467 g/mol. The standard InChI is InChI=1S/C23H31FN2O9/c1-11(2)26-12(3)16(8-14-6-7-15(32-5)9-17(14)24)22(25-26)35-23(31)21(30)20(29)19(28)18(34-23)10-33-13(4)27/h6-7,9,11,18-21,28-31H,8,10H2,1-5H3/t18-,19-,20+,21-,23-/m1/s1. The third-order valence-corrected chi connectivity index (χ3v) is 5.80. The van der Waals surface area contributed by atoms with E-state index in [1.54, 1.807) is 23.7 Å². The van der Waals surface area contributed by atoms with Gasteiger partial charge in [0.25, 0.3) is 0 Å². The quantitative estimate of drug-likeness (QED) is 0.300. The number of aliphatic hydroxyl groups is 4. The lowest BCUT2D eigenvalue weighted by atomic mass is 9.97. The number of halogens is 1. The SMILES string of the molecule is COc1ccc(Cc2c(O[C@]3(O)O[C@H](COC(C)=O)[C@@H](O)[C@H](O)[C@H]3O)nn(C(C)C)c2C)c(F)c1. The highest BCUT2D eigenvalue weighted by atomic mass is 19.1. The van der Waals surface area contributed by atoms with Gasteiger partial charge >= 0.3 is 11.9 Å². The molecule has 1 aromatic carbocycles. The maximum atomic E-state index is 14.7. The zero-order valence-corrected chi connectivity index (χ0v) is 20.1. The summed E-state index contributed by atoms with van der Waals surface area (Å²) >= 11 is 0. The summed E-state index contributed by atoms with van der Waals surface area (Å²) in [6.45, 7) is 6.07. The first kappa shape index (κ1) is 26.8. The van der Waals surface area contributed by atoms with E-state index in [-0.39, 0.29) is 18.3 Å². The van der Waals surface area contributed by atoms with E-state index >= 15 is 0 Å². The molecule has 2 heterocycles. The first-order chi connectivity index (χ1) is 16.4. The average Bonchev–Trinajstić information content (AvgIpc) is 3.10. The molecule has 194 valence electrons. The molecule has 0 radical (unpaired) electrons. The zero-order valence-electron chi connectivity index (χ0n) is 20.1. The van der Waals surface area contributed by atoms with Crippen molar-refractivity contribution in [3.63, 3.8) is 0 Å². The summed E-state index contributed by atoms with van der Waals surface area (Å²) in [7, 11) is 1.42. The van der Waals surface area contributed by atoms with Gasteiger partial charge < -0.3 is 39.4 Å². The Hall–Kier alpha value is -2.77. The Labute approximate surface area is 201 Å². The van der Waals surface area contributed by atoms with Crippen molar-refractivity contribution in [2.45, 2.75) is 70.5 Å². The van der Waals surface area contributed by atoms with Crippen LogP contribution in [0.15, 0.2) is 18.2 Å². The Morgan fingerprint density at radius 2 is 1.97 bits per heavy atom. The molecule has 0 spiro atoms. The van der Waals surface area contributed by atoms with Crippen LogP contribution in [0, 0.1) is 12.7 Å². The van der Waals surface area contributed by atoms with Crippen LogP contribution < -0.4 is 9.47 Å². The minimum Gasteiger partial charge on any atom is -0.497 e. The van der Waals surface area contributed by atoms with E-state index < -0.39 is 48.8 Å². The van der Waals surface area contributed by atoms with E-state index in [1.165, 1.54) is 13.2 Å². The number of methoxy groups -OCH3 is 1. The molecule has 0 bridgehead atoms. The summed E-state index contributed by atoms with van der Waals surface area (Å²) in [5.41, 5.74) is 1.29. The third kappa shape index (κ3) is 5.57. The lowest BCUT2D eigenvalue weighted by Crippen LogP contribution is -2.67. The molecule has 3 rings (SSSR count). The Morgan fingerprint density at radius 1 is 1.29 bits per heavy atom. The molecule has 5 atom stereocenters. The van der Waals surface area contributed by atoms with E-state index in [0.717, 1.165) is 6.92 Å². The number of rotatable bonds is 8. The summed E-state index contributed by atoms with van der Waals surface area (Å²) in [5, 5.41) is 46.3. The molecule has 0 unspecified atom stereocenters. The monoisotopic (exact) mass is 498 g/mol. The van der Waals surface area contributed by atoms with E-state index in [2.05, 4.69) is 5.10 Å². The van der Waals surface area contributed by atoms with Crippen LogP contribution in [0.25, 0.3) is 0 Å². The predicted octanol–water partition coefficient (Wildman–Crippen LogP) is 0.580. The third-order valence-electron chi connectivity index (χ3n) is 5.80. The van der Waals surface area contributed by atoms with Crippen molar-refractivity contribution in [1.29, 1.82) is 0 Å². The van der Waals surface area contributed by atoms with Crippen molar-refractivity contribution < 1.29 is 48.6 Å². The number of carbonyl (C=O) groups is 1. The van der Waals surface area contributed by atoms with Gasteiger partial charge in [-0.05, 0) is 32.4 Å². The van der Waals surface area contributed by atoms with Gasteiger partial charge in [0.15, 0.2) is 6.10 Å². The number of aliphatic hydroxyl groups excluding tert-OH is 3. The number of hydrogen-bond donors (Lipinski definition) is 4. The molecule has 35 heavy (non-hydrogen) atoms. The summed E-state index contributed by atoms with van der Waals surface area (Å²) in [4.78, 5) is 11.2. The number of nitrogens with zero attached hydrogens (tertiary/aromatic N) is 2. The maximum Gasteiger partial charge on any atom is 0.356 e. The molecule has 1 saturated heterocycles. The first-order valence-electron chi connectivity index (χ1n) is 11.0. The van der Waals surface area contributed by atoms with Crippen molar-refractivity contribution in [3.8, 4) is 11.6 Å². The first-order valence-corrected chi connectivity index (χ1v) is 11.0. The van der Waals surface area contributed by atoms with Gasteiger partial charge in [0.1, 0.15) is 36.5 Å². The summed E-state index contributed by atoms with van der Waals surface area (Å²) in [6.07, 6.45) is -7.10. The Balaban J connectivity index is 1.97. The van der Waals surface area contributed by atoms with Gasteiger partial charge in [-0.25, -0.2) is 4.39 Å². The highest BCUT2D eigenvalue weighted by Crippen LogP contribution is 2.35. The fraction of sp³-hybridized carbons (Fsp3) is 0.565. The molecule has 1 aliphatic heterocycles. The smallest absolute Gasteiger partial charge is 0.356 e. The Morgan fingerprint density at radius 3 is 2.54 bits per heavy atom.